The van der Waals surface area contributed by atoms with Crippen molar-refractivity contribution in [1.82, 2.24) is 10.2 Å². The Balaban J connectivity index is 1.82. The Morgan fingerprint density at radius 1 is 1.24 bits per heavy atom. The summed E-state index contributed by atoms with van der Waals surface area (Å²) in [5.74, 6) is 0.269. The first kappa shape index (κ1) is 15.8. The van der Waals surface area contributed by atoms with Gasteiger partial charge in [-0.1, -0.05) is 41.3 Å². The second kappa shape index (κ2) is 6.91. The van der Waals surface area contributed by atoms with Gasteiger partial charge in [0.05, 0.1) is 5.75 Å². The molecule has 0 aliphatic rings. The van der Waals surface area contributed by atoms with E-state index in [1.165, 1.54) is 23.1 Å². The van der Waals surface area contributed by atoms with Gasteiger partial charge in [-0.05, 0) is 32.9 Å². The summed E-state index contributed by atoms with van der Waals surface area (Å²) in [5, 5.41) is 15.0. The number of carbonyl (C=O) groups is 1. The Hall–Kier alpha value is -1.60. The number of carbonyl (C=O) groups excluding carboxylic acids is 1. The quantitative estimate of drug-likeness (QED) is 0.825. The number of amides is 1. The van der Waals surface area contributed by atoms with Gasteiger partial charge in [0, 0.05) is 11.2 Å². The molecular formula is C14H18N4OS2. The molecule has 0 aliphatic carbocycles. The van der Waals surface area contributed by atoms with Crippen molar-refractivity contribution in [1.29, 1.82) is 0 Å². The zero-order valence-electron chi connectivity index (χ0n) is 12.2. The maximum absolute atomic E-state index is 11.8. The molecule has 0 atom stereocenters. The highest BCUT2D eigenvalue weighted by Crippen LogP contribution is 2.27. The Kier molecular flexibility index (Phi) is 5.19. The highest BCUT2D eigenvalue weighted by atomic mass is 32.2. The molecule has 1 aromatic heterocycles. The number of nitrogens with zero attached hydrogens (tertiary/aromatic N) is 2. The third-order valence-electron chi connectivity index (χ3n) is 2.27. The van der Waals surface area contributed by atoms with Crippen LogP contribution in [0.5, 0.6) is 0 Å². The molecular weight excluding hydrogens is 304 g/mol. The summed E-state index contributed by atoms with van der Waals surface area (Å²) in [6, 6.07) is 9.41. The van der Waals surface area contributed by atoms with Crippen LogP contribution in [0.4, 0.5) is 10.8 Å². The molecule has 0 spiro atoms. The van der Waals surface area contributed by atoms with Gasteiger partial charge >= 0.3 is 0 Å². The summed E-state index contributed by atoms with van der Waals surface area (Å²) < 4.78 is 0.782. The first-order chi connectivity index (χ1) is 9.92. The van der Waals surface area contributed by atoms with Crippen LogP contribution in [0.15, 0.2) is 34.7 Å². The molecule has 2 N–H and O–H groups in total. The van der Waals surface area contributed by atoms with Crippen molar-refractivity contribution in [2.24, 2.45) is 0 Å². The molecule has 0 fully saturated rings. The normalized spacial score (nSPS) is 11.2. The van der Waals surface area contributed by atoms with Crippen molar-refractivity contribution >= 4 is 39.8 Å². The Morgan fingerprint density at radius 2 is 1.95 bits per heavy atom. The van der Waals surface area contributed by atoms with Gasteiger partial charge in [-0.2, -0.15) is 0 Å². The third-order valence-corrected chi connectivity index (χ3v) is 4.24. The molecule has 5 nitrogen and oxygen atoms in total. The maximum atomic E-state index is 11.8. The molecule has 0 saturated heterocycles. The van der Waals surface area contributed by atoms with E-state index in [0.29, 0.717) is 5.75 Å². The topological polar surface area (TPSA) is 66.9 Å². The molecule has 112 valence electrons. The lowest BCUT2D eigenvalue weighted by Gasteiger charge is -2.18. The molecule has 0 saturated carbocycles. The summed E-state index contributed by atoms with van der Waals surface area (Å²) in [4.78, 5) is 11.8. The predicted octanol–water partition coefficient (Wildman–Crippen LogP) is 3.48. The SMILES string of the molecule is CC(C)(C)Nc1nnc(SCC(=O)Nc2ccccc2)s1. The first-order valence-electron chi connectivity index (χ1n) is 6.52. The molecule has 0 bridgehead atoms. The lowest BCUT2D eigenvalue weighted by atomic mass is 10.1. The number of para-hydroxylation sites is 1. The molecule has 1 amide bonds. The van der Waals surface area contributed by atoms with Crippen LogP contribution in [-0.2, 0) is 4.79 Å². The van der Waals surface area contributed by atoms with Gasteiger partial charge in [0.2, 0.25) is 11.0 Å². The number of benzene rings is 1. The Labute approximate surface area is 132 Å². The molecule has 0 unspecified atom stereocenters. The maximum Gasteiger partial charge on any atom is 0.234 e. The molecule has 1 aromatic carbocycles. The molecule has 1 heterocycles. The Bertz CT molecular complexity index is 593. The van der Waals surface area contributed by atoms with E-state index in [0.717, 1.165) is 15.2 Å². The van der Waals surface area contributed by atoms with Crippen molar-refractivity contribution in [3.63, 3.8) is 0 Å². The second-order valence-corrected chi connectivity index (χ2v) is 7.65. The third kappa shape index (κ3) is 5.73. The van der Waals surface area contributed by atoms with Crippen LogP contribution in [0.2, 0.25) is 0 Å². The van der Waals surface area contributed by atoms with E-state index in [4.69, 9.17) is 0 Å². The van der Waals surface area contributed by atoms with E-state index >= 15 is 0 Å². The number of aromatic nitrogens is 2. The minimum Gasteiger partial charge on any atom is -0.355 e. The minimum absolute atomic E-state index is 0.0493. The van der Waals surface area contributed by atoms with Gasteiger partial charge in [-0.15, -0.1) is 10.2 Å². The molecule has 0 aliphatic heterocycles. The van der Waals surface area contributed by atoms with Crippen molar-refractivity contribution in [3.8, 4) is 0 Å². The van der Waals surface area contributed by atoms with Gasteiger partial charge in [0.25, 0.3) is 0 Å². The standard InChI is InChI=1S/C14H18N4OS2/c1-14(2,3)16-12-17-18-13(21-12)20-9-11(19)15-10-7-5-4-6-8-10/h4-8H,9H2,1-3H3,(H,15,19)(H,16,17). The van der Waals surface area contributed by atoms with Crippen molar-refractivity contribution in [3.05, 3.63) is 30.3 Å². The van der Waals surface area contributed by atoms with Crippen LogP contribution < -0.4 is 10.6 Å². The fraction of sp³-hybridized carbons (Fsp3) is 0.357. The van der Waals surface area contributed by atoms with Crippen molar-refractivity contribution < 1.29 is 4.79 Å². The van der Waals surface area contributed by atoms with E-state index in [9.17, 15) is 4.79 Å². The van der Waals surface area contributed by atoms with E-state index in [-0.39, 0.29) is 11.4 Å². The van der Waals surface area contributed by atoms with Crippen LogP contribution in [0.25, 0.3) is 0 Å². The van der Waals surface area contributed by atoms with Crippen LogP contribution in [-0.4, -0.2) is 27.4 Å². The van der Waals surface area contributed by atoms with Crippen LogP contribution in [0, 0.1) is 0 Å². The molecule has 2 rings (SSSR count). The van der Waals surface area contributed by atoms with E-state index < -0.39 is 0 Å². The van der Waals surface area contributed by atoms with Gasteiger partial charge in [-0.25, -0.2) is 0 Å². The van der Waals surface area contributed by atoms with Crippen LogP contribution >= 0.6 is 23.1 Å². The summed E-state index contributed by atoms with van der Waals surface area (Å²) in [6.45, 7) is 6.19. The van der Waals surface area contributed by atoms with Crippen molar-refractivity contribution in [2.75, 3.05) is 16.4 Å². The monoisotopic (exact) mass is 322 g/mol. The molecule has 2 aromatic rings. The number of anilines is 2. The fourth-order valence-corrected chi connectivity index (χ4v) is 3.25. The summed E-state index contributed by atoms with van der Waals surface area (Å²) in [7, 11) is 0. The van der Waals surface area contributed by atoms with Gasteiger partial charge < -0.3 is 10.6 Å². The largest absolute Gasteiger partial charge is 0.355 e. The van der Waals surface area contributed by atoms with Gasteiger partial charge in [0.15, 0.2) is 4.34 Å². The molecule has 7 heteroatoms. The van der Waals surface area contributed by atoms with Gasteiger partial charge in [-0.3, -0.25) is 4.79 Å². The molecule has 21 heavy (non-hydrogen) atoms. The first-order valence-corrected chi connectivity index (χ1v) is 8.32. The Morgan fingerprint density at radius 3 is 2.62 bits per heavy atom. The summed E-state index contributed by atoms with van der Waals surface area (Å²) >= 11 is 2.85. The van der Waals surface area contributed by atoms with E-state index in [1.807, 2.05) is 30.3 Å². The lowest BCUT2D eigenvalue weighted by Crippen LogP contribution is -2.25. The number of nitrogens with one attached hydrogen (secondary N) is 2. The average Bonchev–Trinajstić information content (AvgIpc) is 2.83. The number of thioether (sulfide) groups is 1. The van der Waals surface area contributed by atoms with E-state index in [2.05, 4.69) is 41.6 Å². The summed E-state index contributed by atoms with van der Waals surface area (Å²) in [5.41, 5.74) is 0.752. The molecule has 0 radical (unpaired) electrons. The number of hydrogen-bond donors (Lipinski definition) is 2. The lowest BCUT2D eigenvalue weighted by molar-refractivity contribution is -0.113. The van der Waals surface area contributed by atoms with Crippen molar-refractivity contribution in [2.45, 2.75) is 30.6 Å². The highest BCUT2D eigenvalue weighted by Gasteiger charge is 2.14. The van der Waals surface area contributed by atoms with E-state index in [1.54, 1.807) is 0 Å². The predicted molar refractivity (Wildman–Crippen MR) is 89.1 cm³/mol. The average molecular weight is 322 g/mol. The zero-order valence-corrected chi connectivity index (χ0v) is 13.8. The second-order valence-electron chi connectivity index (χ2n) is 5.45. The highest BCUT2D eigenvalue weighted by molar-refractivity contribution is 8.01. The summed E-state index contributed by atoms with van der Waals surface area (Å²) in [6.07, 6.45) is 0. The van der Waals surface area contributed by atoms with Crippen LogP contribution in [0.3, 0.4) is 0 Å². The minimum atomic E-state index is -0.0495. The number of hydrogen-bond acceptors (Lipinski definition) is 6. The van der Waals surface area contributed by atoms with Gasteiger partial charge in [0.1, 0.15) is 0 Å². The number of rotatable bonds is 5. The smallest absolute Gasteiger partial charge is 0.234 e. The van der Waals surface area contributed by atoms with Crippen LogP contribution in [0.1, 0.15) is 20.8 Å². The zero-order chi connectivity index (χ0) is 15.3. The fourth-order valence-electron chi connectivity index (χ4n) is 1.49.